The number of carbonyl (C=O) groups is 1. The van der Waals surface area contributed by atoms with Gasteiger partial charge in [0, 0.05) is 44.8 Å². The number of rotatable bonds is 6. The molecule has 2 fully saturated rings. The average molecular weight is 298 g/mol. The van der Waals surface area contributed by atoms with E-state index in [1.54, 1.807) is 7.11 Å². The van der Waals surface area contributed by atoms with Gasteiger partial charge in [0.25, 0.3) is 0 Å². The van der Waals surface area contributed by atoms with Gasteiger partial charge in [-0.25, -0.2) is 0 Å². The van der Waals surface area contributed by atoms with Crippen molar-refractivity contribution in [2.75, 3.05) is 26.8 Å². The molecule has 5 heteroatoms. The fourth-order valence-corrected chi connectivity index (χ4v) is 3.37. The molecular formula is C16H30N2O3. The largest absolute Gasteiger partial charge is 0.377 e. The first-order valence-electron chi connectivity index (χ1n) is 8.26. The van der Waals surface area contributed by atoms with Crippen LogP contribution in [0.1, 0.15) is 40.0 Å². The first-order valence-corrected chi connectivity index (χ1v) is 8.26. The van der Waals surface area contributed by atoms with Crippen LogP contribution in [-0.2, 0) is 14.3 Å². The minimum Gasteiger partial charge on any atom is -0.377 e. The van der Waals surface area contributed by atoms with Gasteiger partial charge in [-0.1, -0.05) is 13.8 Å². The van der Waals surface area contributed by atoms with Gasteiger partial charge >= 0.3 is 0 Å². The van der Waals surface area contributed by atoms with E-state index in [1.165, 1.54) is 0 Å². The molecular weight excluding hydrogens is 268 g/mol. The number of nitrogens with zero attached hydrogens (tertiary/aromatic N) is 1. The van der Waals surface area contributed by atoms with Crippen molar-refractivity contribution in [1.29, 1.82) is 0 Å². The fraction of sp³-hybridized carbons (Fsp3) is 0.938. The summed E-state index contributed by atoms with van der Waals surface area (Å²) < 4.78 is 11.2. The van der Waals surface area contributed by atoms with E-state index in [0.717, 1.165) is 39.0 Å². The second kappa shape index (κ2) is 7.56. The maximum atomic E-state index is 12.0. The van der Waals surface area contributed by atoms with Crippen LogP contribution in [0.5, 0.6) is 0 Å². The number of amides is 1. The number of ether oxygens (including phenoxy) is 2. The van der Waals surface area contributed by atoms with Crippen molar-refractivity contribution in [2.45, 2.75) is 64.3 Å². The second-order valence-corrected chi connectivity index (χ2v) is 6.46. The van der Waals surface area contributed by atoms with Crippen molar-refractivity contribution in [2.24, 2.45) is 5.92 Å². The normalized spacial score (nSPS) is 30.5. The molecule has 0 spiro atoms. The highest BCUT2D eigenvalue weighted by Crippen LogP contribution is 2.28. The summed E-state index contributed by atoms with van der Waals surface area (Å²) in [6.07, 6.45) is 3.49. The van der Waals surface area contributed by atoms with Gasteiger partial charge in [-0.15, -0.1) is 0 Å². The molecule has 5 nitrogen and oxygen atoms in total. The molecule has 3 atom stereocenters. The molecule has 1 N–H and O–H groups in total. The van der Waals surface area contributed by atoms with E-state index >= 15 is 0 Å². The highest BCUT2D eigenvalue weighted by Gasteiger charge is 2.43. The SMILES string of the molecule is CCOC1CC(NC2CCN(C(=O)C(C)C)CC2)C1OC. The molecule has 0 radical (unpaired) electrons. The van der Waals surface area contributed by atoms with E-state index in [2.05, 4.69) is 5.32 Å². The highest BCUT2D eigenvalue weighted by molar-refractivity contribution is 5.78. The molecule has 0 aromatic rings. The first-order chi connectivity index (χ1) is 10.1. The van der Waals surface area contributed by atoms with Gasteiger partial charge in [-0.05, 0) is 26.2 Å². The molecule has 122 valence electrons. The zero-order chi connectivity index (χ0) is 15.4. The summed E-state index contributed by atoms with van der Waals surface area (Å²) in [5.74, 6) is 0.384. The molecule has 21 heavy (non-hydrogen) atoms. The first kappa shape index (κ1) is 16.7. The van der Waals surface area contributed by atoms with Crippen molar-refractivity contribution >= 4 is 5.91 Å². The number of likely N-dealkylation sites (tertiary alicyclic amines) is 1. The van der Waals surface area contributed by atoms with Crippen LogP contribution in [0.3, 0.4) is 0 Å². The van der Waals surface area contributed by atoms with Crippen LogP contribution < -0.4 is 5.32 Å². The Morgan fingerprint density at radius 2 is 2.00 bits per heavy atom. The monoisotopic (exact) mass is 298 g/mol. The van der Waals surface area contributed by atoms with Gasteiger partial charge in [-0.2, -0.15) is 0 Å². The average Bonchev–Trinajstić information content (AvgIpc) is 2.46. The third kappa shape index (κ3) is 3.96. The van der Waals surface area contributed by atoms with E-state index in [4.69, 9.17) is 9.47 Å². The van der Waals surface area contributed by atoms with Crippen molar-refractivity contribution < 1.29 is 14.3 Å². The summed E-state index contributed by atoms with van der Waals surface area (Å²) in [5.41, 5.74) is 0. The fourth-order valence-electron chi connectivity index (χ4n) is 3.37. The van der Waals surface area contributed by atoms with Gasteiger partial charge in [0.2, 0.25) is 5.91 Å². The van der Waals surface area contributed by atoms with E-state index in [9.17, 15) is 4.79 Å². The van der Waals surface area contributed by atoms with Crippen LogP contribution in [-0.4, -0.2) is 61.9 Å². The van der Waals surface area contributed by atoms with Crippen molar-refractivity contribution in [3.8, 4) is 0 Å². The molecule has 1 aliphatic heterocycles. The van der Waals surface area contributed by atoms with Gasteiger partial charge in [0.1, 0.15) is 0 Å². The highest BCUT2D eigenvalue weighted by atomic mass is 16.5. The smallest absolute Gasteiger partial charge is 0.225 e. The molecule has 1 heterocycles. The maximum absolute atomic E-state index is 12.0. The van der Waals surface area contributed by atoms with E-state index in [0.29, 0.717) is 12.1 Å². The lowest BCUT2D eigenvalue weighted by Crippen LogP contribution is -2.62. The summed E-state index contributed by atoms with van der Waals surface area (Å²) in [5, 5.41) is 3.69. The standard InChI is InChI=1S/C16H30N2O3/c1-5-21-14-10-13(15(14)20-4)17-12-6-8-18(9-7-12)16(19)11(2)3/h11-15,17H,5-10H2,1-4H3. The number of hydrogen-bond donors (Lipinski definition) is 1. The van der Waals surface area contributed by atoms with E-state index in [-0.39, 0.29) is 24.0 Å². The number of methoxy groups -OCH3 is 1. The van der Waals surface area contributed by atoms with Crippen LogP contribution in [0.2, 0.25) is 0 Å². The predicted octanol–water partition coefficient (Wildman–Crippen LogP) is 1.42. The number of nitrogens with one attached hydrogen (secondary N) is 1. The lowest BCUT2D eigenvalue weighted by Gasteiger charge is -2.46. The summed E-state index contributed by atoms with van der Waals surface area (Å²) in [6.45, 7) is 8.44. The van der Waals surface area contributed by atoms with Gasteiger partial charge in [-0.3, -0.25) is 4.79 Å². The molecule has 1 saturated carbocycles. The lowest BCUT2D eigenvalue weighted by molar-refractivity contribution is -0.138. The number of carbonyl (C=O) groups excluding carboxylic acids is 1. The summed E-state index contributed by atoms with van der Waals surface area (Å²) >= 11 is 0. The maximum Gasteiger partial charge on any atom is 0.225 e. The topological polar surface area (TPSA) is 50.8 Å². The number of piperidine rings is 1. The summed E-state index contributed by atoms with van der Waals surface area (Å²) in [7, 11) is 1.76. The van der Waals surface area contributed by atoms with Crippen LogP contribution in [0.4, 0.5) is 0 Å². The quantitative estimate of drug-likeness (QED) is 0.806. The van der Waals surface area contributed by atoms with E-state index < -0.39 is 0 Å². The van der Waals surface area contributed by atoms with Crippen molar-refractivity contribution in [1.82, 2.24) is 10.2 Å². The number of hydrogen-bond acceptors (Lipinski definition) is 4. The Morgan fingerprint density at radius 3 is 2.52 bits per heavy atom. The minimum absolute atomic E-state index is 0.103. The third-order valence-electron chi connectivity index (χ3n) is 4.65. The predicted molar refractivity (Wildman–Crippen MR) is 82.2 cm³/mol. The van der Waals surface area contributed by atoms with Gasteiger partial charge < -0.3 is 19.7 Å². The molecule has 1 amide bonds. The molecule has 0 aromatic heterocycles. The van der Waals surface area contributed by atoms with Crippen molar-refractivity contribution in [3.63, 3.8) is 0 Å². The molecule has 3 unspecified atom stereocenters. The molecule has 2 aliphatic rings. The molecule has 0 bridgehead atoms. The van der Waals surface area contributed by atoms with Gasteiger partial charge in [0.15, 0.2) is 0 Å². The Hall–Kier alpha value is -0.650. The summed E-state index contributed by atoms with van der Waals surface area (Å²) in [6, 6.07) is 0.885. The Labute approximate surface area is 128 Å². The lowest BCUT2D eigenvalue weighted by atomic mass is 9.84. The van der Waals surface area contributed by atoms with Crippen molar-refractivity contribution in [3.05, 3.63) is 0 Å². The van der Waals surface area contributed by atoms with Crippen LogP contribution in [0.15, 0.2) is 0 Å². The summed E-state index contributed by atoms with van der Waals surface area (Å²) in [4.78, 5) is 14.0. The van der Waals surface area contributed by atoms with Crippen LogP contribution in [0.25, 0.3) is 0 Å². The molecule has 1 aliphatic carbocycles. The van der Waals surface area contributed by atoms with Crippen LogP contribution in [0, 0.1) is 5.92 Å². The molecule has 0 aromatic carbocycles. The Kier molecular flexibility index (Phi) is 6.02. The zero-order valence-corrected chi connectivity index (χ0v) is 13.8. The van der Waals surface area contributed by atoms with Gasteiger partial charge in [0.05, 0.1) is 12.2 Å². The third-order valence-corrected chi connectivity index (χ3v) is 4.65. The minimum atomic E-state index is 0.103. The Bertz CT molecular complexity index is 340. The molecule has 2 rings (SSSR count). The second-order valence-electron chi connectivity index (χ2n) is 6.46. The van der Waals surface area contributed by atoms with Crippen LogP contribution >= 0.6 is 0 Å². The Balaban J connectivity index is 1.73. The molecule has 1 saturated heterocycles. The Morgan fingerprint density at radius 1 is 1.33 bits per heavy atom. The van der Waals surface area contributed by atoms with E-state index in [1.807, 2.05) is 25.7 Å². The zero-order valence-electron chi connectivity index (χ0n) is 13.8.